The molecule has 3 aromatic rings. The Balaban J connectivity index is 1.55. The van der Waals surface area contributed by atoms with Gasteiger partial charge in [0.15, 0.2) is 0 Å². The van der Waals surface area contributed by atoms with E-state index in [0.29, 0.717) is 18.8 Å². The summed E-state index contributed by atoms with van der Waals surface area (Å²) in [5.74, 6) is -0.0239. The zero-order valence-electron chi connectivity index (χ0n) is 14.1. The van der Waals surface area contributed by atoms with Gasteiger partial charge < -0.3 is 14.8 Å². The van der Waals surface area contributed by atoms with Crippen LogP contribution in [0.25, 0.3) is 11.0 Å². The number of rotatable bonds is 6. The van der Waals surface area contributed by atoms with Crippen molar-refractivity contribution in [2.24, 2.45) is 0 Å². The van der Waals surface area contributed by atoms with Gasteiger partial charge in [-0.15, -0.1) is 0 Å². The standard InChI is InChI=1S/C18H22N6O/c25-18(16-6-7-21-22-16)24(11-10-23-8-1-2-9-23)12-14-4-3-5-15-17(14)20-13-19-15/h3-7,13H,1-2,8-12H2,(H,19,20)(H,21,22). The van der Waals surface area contributed by atoms with Gasteiger partial charge in [-0.2, -0.15) is 5.10 Å². The Labute approximate surface area is 146 Å². The minimum Gasteiger partial charge on any atom is -0.345 e. The number of aromatic nitrogens is 4. The van der Waals surface area contributed by atoms with Gasteiger partial charge in [-0.25, -0.2) is 4.98 Å². The maximum absolute atomic E-state index is 12.9. The smallest absolute Gasteiger partial charge is 0.272 e. The Morgan fingerprint density at radius 2 is 2.12 bits per heavy atom. The van der Waals surface area contributed by atoms with Gasteiger partial charge in [0.25, 0.3) is 5.91 Å². The summed E-state index contributed by atoms with van der Waals surface area (Å²) < 4.78 is 0. The summed E-state index contributed by atoms with van der Waals surface area (Å²) in [5, 5.41) is 6.70. The van der Waals surface area contributed by atoms with Crippen LogP contribution in [0.3, 0.4) is 0 Å². The van der Waals surface area contributed by atoms with Crippen LogP contribution in [0.5, 0.6) is 0 Å². The van der Waals surface area contributed by atoms with E-state index in [1.54, 1.807) is 18.6 Å². The molecular weight excluding hydrogens is 316 g/mol. The lowest BCUT2D eigenvalue weighted by molar-refractivity contribution is 0.0721. The first-order valence-electron chi connectivity index (χ1n) is 8.73. The molecule has 0 aliphatic carbocycles. The second kappa shape index (κ2) is 7.06. The minimum atomic E-state index is -0.0239. The molecule has 0 saturated carbocycles. The molecular formula is C18H22N6O. The Kier molecular flexibility index (Phi) is 4.47. The predicted molar refractivity (Wildman–Crippen MR) is 95.1 cm³/mol. The van der Waals surface area contributed by atoms with Crippen LogP contribution in [0.15, 0.2) is 36.8 Å². The Hall–Kier alpha value is -2.67. The molecule has 3 heterocycles. The van der Waals surface area contributed by atoms with E-state index in [4.69, 9.17) is 0 Å². The van der Waals surface area contributed by atoms with Crippen LogP contribution >= 0.6 is 0 Å². The van der Waals surface area contributed by atoms with Gasteiger partial charge in [0.1, 0.15) is 5.69 Å². The minimum absolute atomic E-state index is 0.0239. The van der Waals surface area contributed by atoms with E-state index in [9.17, 15) is 4.79 Å². The molecule has 130 valence electrons. The molecule has 0 bridgehead atoms. The highest BCUT2D eigenvalue weighted by Crippen LogP contribution is 2.18. The maximum Gasteiger partial charge on any atom is 0.272 e. The number of benzene rings is 1. The van der Waals surface area contributed by atoms with E-state index >= 15 is 0 Å². The lowest BCUT2D eigenvalue weighted by Gasteiger charge is -2.25. The molecule has 0 spiro atoms. The number of para-hydroxylation sites is 1. The van der Waals surface area contributed by atoms with Crippen molar-refractivity contribution in [1.29, 1.82) is 0 Å². The molecule has 0 atom stereocenters. The normalized spacial score (nSPS) is 15.0. The van der Waals surface area contributed by atoms with Crippen LogP contribution < -0.4 is 0 Å². The summed E-state index contributed by atoms with van der Waals surface area (Å²) in [5.41, 5.74) is 3.49. The molecule has 0 radical (unpaired) electrons. The van der Waals surface area contributed by atoms with E-state index in [-0.39, 0.29) is 5.91 Å². The van der Waals surface area contributed by atoms with Gasteiger partial charge >= 0.3 is 0 Å². The fraction of sp³-hybridized carbons (Fsp3) is 0.389. The first-order valence-corrected chi connectivity index (χ1v) is 8.73. The van der Waals surface area contributed by atoms with Crippen LogP contribution in [-0.4, -0.2) is 62.1 Å². The Morgan fingerprint density at radius 3 is 2.92 bits per heavy atom. The average Bonchev–Trinajstić information content (AvgIpc) is 3.40. The Bertz CT molecular complexity index is 834. The number of aromatic amines is 2. The van der Waals surface area contributed by atoms with E-state index in [2.05, 4.69) is 25.1 Å². The lowest BCUT2D eigenvalue weighted by Crippen LogP contribution is -2.37. The first kappa shape index (κ1) is 15.8. The first-order chi connectivity index (χ1) is 12.3. The molecule has 1 fully saturated rings. The van der Waals surface area contributed by atoms with E-state index in [1.165, 1.54) is 12.8 Å². The Morgan fingerprint density at radius 1 is 1.24 bits per heavy atom. The van der Waals surface area contributed by atoms with Crippen molar-refractivity contribution < 1.29 is 4.79 Å². The second-order valence-electron chi connectivity index (χ2n) is 6.46. The highest BCUT2D eigenvalue weighted by atomic mass is 16.2. The molecule has 0 unspecified atom stereocenters. The number of hydrogen-bond donors (Lipinski definition) is 2. The second-order valence-corrected chi connectivity index (χ2v) is 6.46. The fourth-order valence-corrected chi connectivity index (χ4v) is 3.43. The molecule has 7 nitrogen and oxygen atoms in total. The molecule has 1 aromatic carbocycles. The summed E-state index contributed by atoms with van der Waals surface area (Å²) in [7, 11) is 0. The number of amides is 1. The van der Waals surface area contributed by atoms with E-state index in [1.807, 2.05) is 23.1 Å². The summed E-state index contributed by atoms with van der Waals surface area (Å²) in [6.45, 7) is 4.38. The van der Waals surface area contributed by atoms with Crippen LogP contribution in [0.4, 0.5) is 0 Å². The van der Waals surface area contributed by atoms with Gasteiger partial charge in [0.05, 0.1) is 17.4 Å². The molecule has 2 N–H and O–H groups in total. The van der Waals surface area contributed by atoms with Gasteiger partial charge in [0.2, 0.25) is 0 Å². The third-order valence-electron chi connectivity index (χ3n) is 4.80. The quantitative estimate of drug-likeness (QED) is 0.720. The number of carbonyl (C=O) groups excluding carboxylic acids is 1. The summed E-state index contributed by atoms with van der Waals surface area (Å²) in [4.78, 5) is 24.7. The number of hydrogen-bond acceptors (Lipinski definition) is 4. The highest BCUT2D eigenvalue weighted by molar-refractivity contribution is 5.92. The third kappa shape index (κ3) is 3.41. The zero-order valence-corrected chi connectivity index (χ0v) is 14.1. The maximum atomic E-state index is 12.9. The lowest BCUT2D eigenvalue weighted by atomic mass is 10.1. The summed E-state index contributed by atoms with van der Waals surface area (Å²) in [6, 6.07) is 7.75. The largest absolute Gasteiger partial charge is 0.345 e. The van der Waals surface area contributed by atoms with Gasteiger partial charge in [-0.1, -0.05) is 12.1 Å². The number of nitrogens with zero attached hydrogens (tertiary/aromatic N) is 4. The van der Waals surface area contributed by atoms with Crippen molar-refractivity contribution in [1.82, 2.24) is 30.0 Å². The zero-order chi connectivity index (χ0) is 17.1. The topological polar surface area (TPSA) is 80.9 Å². The summed E-state index contributed by atoms with van der Waals surface area (Å²) >= 11 is 0. The van der Waals surface area contributed by atoms with Gasteiger partial charge in [-0.3, -0.25) is 9.89 Å². The molecule has 1 aliphatic heterocycles. The molecule has 7 heteroatoms. The van der Waals surface area contributed by atoms with Gasteiger partial charge in [-0.05, 0) is 43.6 Å². The van der Waals surface area contributed by atoms with Crippen LogP contribution in [0.1, 0.15) is 28.9 Å². The molecule has 1 aliphatic rings. The van der Waals surface area contributed by atoms with Crippen molar-refractivity contribution in [3.05, 3.63) is 48.0 Å². The van der Waals surface area contributed by atoms with Crippen LogP contribution in [0, 0.1) is 0 Å². The number of H-pyrrole nitrogens is 2. The number of fused-ring (bicyclic) bond motifs is 1. The van der Waals surface area contributed by atoms with Crippen LogP contribution in [-0.2, 0) is 6.54 Å². The van der Waals surface area contributed by atoms with E-state index < -0.39 is 0 Å². The van der Waals surface area contributed by atoms with Crippen molar-refractivity contribution in [2.75, 3.05) is 26.2 Å². The molecule has 2 aromatic heterocycles. The third-order valence-corrected chi connectivity index (χ3v) is 4.80. The van der Waals surface area contributed by atoms with E-state index in [0.717, 1.165) is 36.2 Å². The average molecular weight is 338 g/mol. The highest BCUT2D eigenvalue weighted by Gasteiger charge is 2.20. The number of nitrogens with one attached hydrogen (secondary N) is 2. The van der Waals surface area contributed by atoms with Crippen LogP contribution in [0.2, 0.25) is 0 Å². The molecule has 4 rings (SSSR count). The fourth-order valence-electron chi connectivity index (χ4n) is 3.43. The van der Waals surface area contributed by atoms with Gasteiger partial charge in [0, 0.05) is 25.8 Å². The predicted octanol–water partition coefficient (Wildman–Crippen LogP) is 2.02. The number of likely N-dealkylation sites (tertiary alicyclic amines) is 1. The van der Waals surface area contributed by atoms with Crippen molar-refractivity contribution in [3.63, 3.8) is 0 Å². The molecule has 1 amide bonds. The number of imidazole rings is 1. The monoisotopic (exact) mass is 338 g/mol. The summed E-state index contributed by atoms with van der Waals surface area (Å²) in [6.07, 6.45) is 5.81. The molecule has 1 saturated heterocycles. The SMILES string of the molecule is O=C(c1ccn[nH]1)N(CCN1CCCC1)Cc1cccc2[nH]cnc12. The van der Waals surface area contributed by atoms with Crippen molar-refractivity contribution >= 4 is 16.9 Å². The molecule has 25 heavy (non-hydrogen) atoms. The van der Waals surface area contributed by atoms with Crippen molar-refractivity contribution in [3.8, 4) is 0 Å². The van der Waals surface area contributed by atoms with Crippen molar-refractivity contribution in [2.45, 2.75) is 19.4 Å². The number of carbonyl (C=O) groups is 1.